The lowest BCUT2D eigenvalue weighted by molar-refractivity contribution is 0.441. The number of sulfone groups is 1. The fraction of sp³-hybridized carbons (Fsp3) is 0.667. The Labute approximate surface area is 121 Å². The molecule has 20 heavy (non-hydrogen) atoms. The molecule has 0 spiro atoms. The van der Waals surface area contributed by atoms with Gasteiger partial charge in [-0.1, -0.05) is 24.9 Å². The summed E-state index contributed by atoms with van der Waals surface area (Å²) in [4.78, 5) is 26.8. The third-order valence-corrected chi connectivity index (χ3v) is 5.61. The van der Waals surface area contributed by atoms with E-state index in [0.29, 0.717) is 31.2 Å². The van der Waals surface area contributed by atoms with E-state index < -0.39 is 27.1 Å². The van der Waals surface area contributed by atoms with E-state index in [1.54, 1.807) is 0 Å². The molecular formula is C12H17ClN2O4S. The third-order valence-electron chi connectivity index (χ3n) is 3.48. The molecule has 1 saturated heterocycles. The quantitative estimate of drug-likeness (QED) is 0.838. The van der Waals surface area contributed by atoms with Gasteiger partial charge < -0.3 is 0 Å². The molecule has 2 rings (SSSR count). The number of halogens is 1. The van der Waals surface area contributed by atoms with Crippen molar-refractivity contribution in [2.45, 2.75) is 38.6 Å². The molecule has 1 aliphatic rings. The first-order chi connectivity index (χ1) is 9.35. The van der Waals surface area contributed by atoms with Gasteiger partial charge in [0.1, 0.15) is 5.15 Å². The zero-order valence-corrected chi connectivity index (χ0v) is 12.8. The van der Waals surface area contributed by atoms with Crippen LogP contribution in [0.15, 0.2) is 9.59 Å². The highest BCUT2D eigenvalue weighted by Crippen LogP contribution is 2.21. The van der Waals surface area contributed by atoms with Crippen molar-refractivity contribution in [3.05, 3.63) is 31.6 Å². The molecule has 112 valence electrons. The maximum atomic E-state index is 12.4. The molecule has 1 aromatic heterocycles. The van der Waals surface area contributed by atoms with Crippen molar-refractivity contribution in [2.75, 3.05) is 11.5 Å². The summed E-state index contributed by atoms with van der Waals surface area (Å²) >= 11 is 5.89. The van der Waals surface area contributed by atoms with Gasteiger partial charge in [0.15, 0.2) is 9.84 Å². The van der Waals surface area contributed by atoms with Crippen molar-refractivity contribution in [3.63, 3.8) is 0 Å². The molecule has 0 amide bonds. The number of nitrogens with zero attached hydrogens (tertiary/aromatic N) is 1. The van der Waals surface area contributed by atoms with Crippen LogP contribution in [0.5, 0.6) is 0 Å². The molecule has 8 heteroatoms. The Bertz CT molecular complexity index is 720. The first-order valence-electron chi connectivity index (χ1n) is 6.59. The van der Waals surface area contributed by atoms with Crippen LogP contribution < -0.4 is 11.2 Å². The van der Waals surface area contributed by atoms with E-state index in [0.717, 1.165) is 4.57 Å². The van der Waals surface area contributed by atoms with E-state index in [2.05, 4.69) is 4.98 Å². The fourth-order valence-electron chi connectivity index (χ4n) is 2.56. The van der Waals surface area contributed by atoms with Gasteiger partial charge in [-0.15, -0.1) is 0 Å². The summed E-state index contributed by atoms with van der Waals surface area (Å²) in [7, 11) is -3.19. The normalized spacial score (nSPS) is 21.8. The minimum Gasteiger partial charge on any atom is -0.297 e. The van der Waals surface area contributed by atoms with Crippen molar-refractivity contribution in [2.24, 2.45) is 0 Å². The van der Waals surface area contributed by atoms with Crippen LogP contribution >= 0.6 is 11.6 Å². The largest absolute Gasteiger partial charge is 0.329 e. The Morgan fingerprint density at radius 3 is 2.70 bits per heavy atom. The summed E-state index contributed by atoms with van der Waals surface area (Å²) in [6.45, 7) is 1.90. The second-order valence-electron chi connectivity index (χ2n) is 5.06. The van der Waals surface area contributed by atoms with E-state index in [1.807, 2.05) is 6.92 Å². The maximum absolute atomic E-state index is 12.4. The summed E-state index contributed by atoms with van der Waals surface area (Å²) in [5.41, 5.74) is -0.763. The highest BCUT2D eigenvalue weighted by molar-refractivity contribution is 7.91. The van der Waals surface area contributed by atoms with Gasteiger partial charge in [0.25, 0.3) is 5.56 Å². The van der Waals surface area contributed by atoms with Crippen molar-refractivity contribution in [3.8, 4) is 0 Å². The molecule has 1 N–H and O–H groups in total. The Hall–Kier alpha value is -1.08. The fourth-order valence-corrected chi connectivity index (χ4v) is 4.49. The highest BCUT2D eigenvalue weighted by Gasteiger charge is 2.29. The van der Waals surface area contributed by atoms with Gasteiger partial charge in [0, 0.05) is 0 Å². The molecule has 0 saturated carbocycles. The van der Waals surface area contributed by atoms with Crippen molar-refractivity contribution < 1.29 is 8.42 Å². The number of aromatic amines is 1. The lowest BCUT2D eigenvalue weighted by atomic mass is 10.1. The van der Waals surface area contributed by atoms with Crippen LogP contribution in [-0.2, 0) is 16.3 Å². The average molecular weight is 321 g/mol. The van der Waals surface area contributed by atoms with E-state index in [4.69, 9.17) is 11.6 Å². The summed E-state index contributed by atoms with van der Waals surface area (Å²) in [5, 5.41) is 0.0526. The molecule has 0 bridgehead atoms. The Morgan fingerprint density at radius 1 is 1.40 bits per heavy atom. The predicted molar refractivity (Wildman–Crippen MR) is 77.3 cm³/mol. The first-order valence-corrected chi connectivity index (χ1v) is 8.79. The molecule has 0 aliphatic carbocycles. The smallest absolute Gasteiger partial charge is 0.297 e. The average Bonchev–Trinajstić information content (AvgIpc) is 2.33. The highest BCUT2D eigenvalue weighted by atomic mass is 35.5. The lowest BCUT2D eigenvalue weighted by Crippen LogP contribution is -2.43. The maximum Gasteiger partial charge on any atom is 0.329 e. The summed E-state index contributed by atoms with van der Waals surface area (Å²) < 4.78 is 24.4. The van der Waals surface area contributed by atoms with Gasteiger partial charge in [-0.2, -0.15) is 0 Å². The number of rotatable bonds is 3. The van der Waals surface area contributed by atoms with Crippen LogP contribution in [0.25, 0.3) is 0 Å². The number of nitrogens with one attached hydrogen (secondary N) is 1. The van der Waals surface area contributed by atoms with Crippen molar-refractivity contribution in [1.82, 2.24) is 9.55 Å². The van der Waals surface area contributed by atoms with Gasteiger partial charge >= 0.3 is 5.69 Å². The molecular weight excluding hydrogens is 304 g/mol. The van der Waals surface area contributed by atoms with E-state index in [9.17, 15) is 18.0 Å². The second kappa shape index (κ2) is 5.73. The molecule has 1 fully saturated rings. The molecule has 2 heterocycles. The van der Waals surface area contributed by atoms with Gasteiger partial charge in [0.2, 0.25) is 0 Å². The molecule has 1 aromatic rings. The SMILES string of the molecule is CCCc1c(Cl)[nH]c(=O)n(C2CCCS(=O)(=O)C2)c1=O. The standard InChI is InChI=1S/C12H17ClN2O4S/c1-2-4-9-10(13)14-12(17)15(11(9)16)8-5-3-6-20(18,19)7-8/h8H,2-7H2,1H3,(H,14,17). The van der Waals surface area contributed by atoms with Gasteiger partial charge in [0.05, 0.1) is 23.1 Å². The summed E-state index contributed by atoms with van der Waals surface area (Å²) in [6.07, 6.45) is 2.14. The van der Waals surface area contributed by atoms with E-state index >= 15 is 0 Å². The zero-order chi connectivity index (χ0) is 14.9. The van der Waals surface area contributed by atoms with Crippen LogP contribution in [0, 0.1) is 0 Å². The molecule has 6 nitrogen and oxygen atoms in total. The molecule has 1 aliphatic heterocycles. The molecule has 1 atom stereocenters. The molecule has 0 aromatic carbocycles. The lowest BCUT2D eigenvalue weighted by Gasteiger charge is -2.23. The topological polar surface area (TPSA) is 89.0 Å². The Morgan fingerprint density at radius 2 is 2.10 bits per heavy atom. The molecule has 1 unspecified atom stereocenters. The van der Waals surface area contributed by atoms with Crippen LogP contribution in [0.2, 0.25) is 5.15 Å². The third kappa shape index (κ3) is 2.98. The Balaban J connectivity index is 2.54. The number of H-pyrrole nitrogens is 1. The van der Waals surface area contributed by atoms with Crippen LogP contribution in [0.3, 0.4) is 0 Å². The minimum atomic E-state index is -3.19. The molecule has 0 radical (unpaired) electrons. The number of hydrogen-bond donors (Lipinski definition) is 1. The van der Waals surface area contributed by atoms with Gasteiger partial charge in [-0.3, -0.25) is 14.3 Å². The Kier molecular flexibility index (Phi) is 4.39. The first kappa shape index (κ1) is 15.3. The van der Waals surface area contributed by atoms with Crippen LogP contribution in [0.1, 0.15) is 37.8 Å². The van der Waals surface area contributed by atoms with Gasteiger partial charge in [-0.05, 0) is 19.3 Å². The van der Waals surface area contributed by atoms with E-state index in [1.165, 1.54) is 0 Å². The van der Waals surface area contributed by atoms with Crippen LogP contribution in [-0.4, -0.2) is 29.5 Å². The van der Waals surface area contributed by atoms with Crippen molar-refractivity contribution >= 4 is 21.4 Å². The predicted octanol–water partition coefficient (Wildman–Crippen LogP) is 0.892. The van der Waals surface area contributed by atoms with Crippen molar-refractivity contribution in [1.29, 1.82) is 0 Å². The number of aromatic nitrogens is 2. The number of hydrogen-bond acceptors (Lipinski definition) is 4. The van der Waals surface area contributed by atoms with Gasteiger partial charge in [-0.25, -0.2) is 13.2 Å². The van der Waals surface area contributed by atoms with Crippen LogP contribution in [0.4, 0.5) is 0 Å². The monoisotopic (exact) mass is 320 g/mol. The minimum absolute atomic E-state index is 0.0526. The summed E-state index contributed by atoms with van der Waals surface area (Å²) in [5.74, 6) is -0.0469. The summed E-state index contributed by atoms with van der Waals surface area (Å²) in [6, 6.07) is -0.599. The van der Waals surface area contributed by atoms with E-state index in [-0.39, 0.29) is 16.7 Å². The second-order valence-corrected chi connectivity index (χ2v) is 7.66. The zero-order valence-electron chi connectivity index (χ0n) is 11.2.